The highest BCUT2D eigenvalue weighted by Crippen LogP contribution is 2.26. The van der Waals surface area contributed by atoms with E-state index < -0.39 is 6.43 Å². The fourth-order valence-electron chi connectivity index (χ4n) is 1.76. The van der Waals surface area contributed by atoms with Crippen LogP contribution in [0.15, 0.2) is 30.5 Å². The van der Waals surface area contributed by atoms with Crippen molar-refractivity contribution in [1.29, 1.82) is 0 Å². The second-order valence-corrected chi connectivity index (χ2v) is 4.21. The summed E-state index contributed by atoms with van der Waals surface area (Å²) in [6.45, 7) is 0.347. The van der Waals surface area contributed by atoms with E-state index in [-0.39, 0.29) is 5.69 Å². The normalized spacial score (nSPS) is 11.2. The lowest BCUT2D eigenvalue weighted by Crippen LogP contribution is -2.09. The van der Waals surface area contributed by atoms with Crippen molar-refractivity contribution >= 4 is 11.6 Å². The van der Waals surface area contributed by atoms with Gasteiger partial charge >= 0.3 is 0 Å². The molecule has 0 unspecified atom stereocenters. The summed E-state index contributed by atoms with van der Waals surface area (Å²) in [5.41, 5.74) is 0.902. The highest BCUT2D eigenvalue weighted by molar-refractivity contribution is 6.30. The van der Waals surface area contributed by atoms with E-state index in [0.717, 1.165) is 0 Å². The van der Waals surface area contributed by atoms with Crippen molar-refractivity contribution in [3.8, 4) is 5.69 Å². The smallest absolute Gasteiger partial charge is 0.280 e. The van der Waals surface area contributed by atoms with Gasteiger partial charge in [-0.25, -0.2) is 13.5 Å². The maximum atomic E-state index is 13.1. The maximum Gasteiger partial charge on any atom is 0.280 e. The average Bonchev–Trinajstić information content (AvgIpc) is 2.73. The molecule has 2 rings (SSSR count). The Morgan fingerprint density at radius 1 is 1.44 bits per heavy atom. The van der Waals surface area contributed by atoms with E-state index in [1.54, 1.807) is 31.3 Å². The van der Waals surface area contributed by atoms with Crippen molar-refractivity contribution in [1.82, 2.24) is 15.1 Å². The van der Waals surface area contributed by atoms with Crippen LogP contribution in [0.25, 0.3) is 5.69 Å². The summed E-state index contributed by atoms with van der Waals surface area (Å²) < 4.78 is 27.4. The quantitative estimate of drug-likeness (QED) is 0.926. The molecule has 18 heavy (non-hydrogen) atoms. The van der Waals surface area contributed by atoms with E-state index in [1.165, 1.54) is 10.9 Å². The van der Waals surface area contributed by atoms with E-state index >= 15 is 0 Å². The monoisotopic (exact) mass is 271 g/mol. The van der Waals surface area contributed by atoms with Gasteiger partial charge in [-0.1, -0.05) is 17.7 Å². The number of aromatic nitrogens is 2. The zero-order chi connectivity index (χ0) is 13.1. The van der Waals surface area contributed by atoms with Gasteiger partial charge in [0.05, 0.1) is 11.9 Å². The molecule has 6 heteroatoms. The molecular weight excluding hydrogens is 260 g/mol. The minimum absolute atomic E-state index is 0.105. The highest BCUT2D eigenvalue weighted by atomic mass is 35.5. The molecule has 0 aliphatic heterocycles. The summed E-state index contributed by atoms with van der Waals surface area (Å²) in [5.74, 6) is 0. The van der Waals surface area contributed by atoms with Gasteiger partial charge in [0.15, 0.2) is 0 Å². The summed E-state index contributed by atoms with van der Waals surface area (Å²) in [6.07, 6.45) is -1.14. The zero-order valence-corrected chi connectivity index (χ0v) is 10.5. The van der Waals surface area contributed by atoms with E-state index in [9.17, 15) is 8.78 Å². The van der Waals surface area contributed by atoms with Crippen LogP contribution in [-0.4, -0.2) is 16.8 Å². The van der Waals surface area contributed by atoms with Gasteiger partial charge in [0.1, 0.15) is 5.69 Å². The molecule has 2 aromatic rings. The van der Waals surface area contributed by atoms with Gasteiger partial charge in [0.2, 0.25) is 0 Å². The van der Waals surface area contributed by atoms with Crippen molar-refractivity contribution in [2.45, 2.75) is 13.0 Å². The first-order chi connectivity index (χ1) is 8.63. The van der Waals surface area contributed by atoms with Gasteiger partial charge in [-0.2, -0.15) is 5.10 Å². The minimum Gasteiger partial charge on any atom is -0.316 e. The third kappa shape index (κ3) is 2.52. The largest absolute Gasteiger partial charge is 0.316 e. The minimum atomic E-state index is -2.59. The first-order valence-electron chi connectivity index (χ1n) is 5.39. The van der Waals surface area contributed by atoms with Crippen molar-refractivity contribution in [2.24, 2.45) is 0 Å². The molecule has 1 heterocycles. The predicted octanol–water partition coefficient (Wildman–Crippen LogP) is 3.18. The van der Waals surface area contributed by atoms with Gasteiger partial charge in [0.25, 0.3) is 6.43 Å². The second kappa shape index (κ2) is 5.46. The van der Waals surface area contributed by atoms with Crippen molar-refractivity contribution in [2.75, 3.05) is 7.05 Å². The summed E-state index contributed by atoms with van der Waals surface area (Å²) >= 11 is 5.85. The number of benzene rings is 1. The van der Waals surface area contributed by atoms with Gasteiger partial charge in [-0.05, 0) is 25.2 Å². The zero-order valence-electron chi connectivity index (χ0n) is 9.70. The van der Waals surface area contributed by atoms with Gasteiger partial charge in [0, 0.05) is 17.1 Å². The molecule has 0 aliphatic rings. The third-order valence-corrected chi connectivity index (χ3v) is 2.75. The summed E-state index contributed by atoms with van der Waals surface area (Å²) in [5, 5.41) is 7.33. The molecule has 0 amide bonds. The lowest BCUT2D eigenvalue weighted by atomic mass is 10.2. The highest BCUT2D eigenvalue weighted by Gasteiger charge is 2.20. The molecule has 3 nitrogen and oxygen atoms in total. The predicted molar refractivity (Wildman–Crippen MR) is 66.3 cm³/mol. The molecule has 0 bridgehead atoms. The van der Waals surface area contributed by atoms with Crippen molar-refractivity contribution in [3.63, 3.8) is 0 Å². The topological polar surface area (TPSA) is 29.9 Å². The van der Waals surface area contributed by atoms with E-state index in [2.05, 4.69) is 10.4 Å². The number of hydrogen-bond acceptors (Lipinski definition) is 2. The van der Waals surface area contributed by atoms with Crippen LogP contribution >= 0.6 is 11.6 Å². The molecular formula is C12H12ClF2N3. The number of alkyl halides is 2. The Labute approximate surface area is 108 Å². The fourth-order valence-corrected chi connectivity index (χ4v) is 1.95. The number of rotatable bonds is 4. The lowest BCUT2D eigenvalue weighted by Gasteiger charge is -2.09. The Morgan fingerprint density at radius 2 is 2.22 bits per heavy atom. The van der Waals surface area contributed by atoms with Crippen LogP contribution in [0.4, 0.5) is 8.78 Å². The first kappa shape index (κ1) is 13.0. The molecule has 0 aliphatic carbocycles. The third-order valence-electron chi connectivity index (χ3n) is 2.51. The SMILES string of the molecule is CNCc1cnn(-c2cccc(Cl)c2)c1C(F)F. The Kier molecular flexibility index (Phi) is 3.93. The Balaban J connectivity index is 2.50. The average molecular weight is 272 g/mol. The van der Waals surface area contributed by atoms with Crippen LogP contribution in [0.1, 0.15) is 17.7 Å². The Bertz CT molecular complexity index is 540. The lowest BCUT2D eigenvalue weighted by molar-refractivity contribution is 0.141. The number of nitrogens with one attached hydrogen (secondary N) is 1. The van der Waals surface area contributed by atoms with E-state index in [4.69, 9.17) is 11.6 Å². The number of hydrogen-bond donors (Lipinski definition) is 1. The van der Waals surface area contributed by atoms with E-state index in [1.807, 2.05) is 0 Å². The van der Waals surface area contributed by atoms with Crippen LogP contribution in [-0.2, 0) is 6.54 Å². The molecule has 0 atom stereocenters. The summed E-state index contributed by atoms with van der Waals surface area (Å²) in [4.78, 5) is 0. The molecule has 0 radical (unpaired) electrons. The standard InChI is InChI=1S/C12H12ClF2N3/c1-16-6-8-7-17-18(11(8)12(14)15)10-4-2-3-9(13)5-10/h2-5,7,12,16H,6H2,1H3. The van der Waals surface area contributed by atoms with Gasteiger partial charge < -0.3 is 5.32 Å². The molecule has 0 fully saturated rings. The van der Waals surface area contributed by atoms with Crippen LogP contribution in [0.3, 0.4) is 0 Å². The molecule has 1 aromatic heterocycles. The van der Waals surface area contributed by atoms with Gasteiger partial charge in [-0.3, -0.25) is 0 Å². The molecule has 96 valence electrons. The fraction of sp³-hybridized carbons (Fsp3) is 0.250. The molecule has 0 saturated carbocycles. The van der Waals surface area contributed by atoms with Crippen LogP contribution in [0.2, 0.25) is 5.02 Å². The Hall–Kier alpha value is -1.46. The van der Waals surface area contributed by atoms with Crippen LogP contribution in [0, 0.1) is 0 Å². The second-order valence-electron chi connectivity index (χ2n) is 3.78. The molecule has 0 saturated heterocycles. The van der Waals surface area contributed by atoms with Crippen molar-refractivity contribution in [3.05, 3.63) is 46.7 Å². The Morgan fingerprint density at radius 3 is 2.83 bits per heavy atom. The molecule has 0 spiro atoms. The molecule has 1 N–H and O–H groups in total. The maximum absolute atomic E-state index is 13.1. The molecule has 1 aromatic carbocycles. The van der Waals surface area contributed by atoms with Gasteiger partial charge in [-0.15, -0.1) is 0 Å². The summed E-state index contributed by atoms with van der Waals surface area (Å²) in [7, 11) is 1.70. The number of halogens is 3. The number of nitrogens with zero attached hydrogens (tertiary/aromatic N) is 2. The summed E-state index contributed by atoms with van der Waals surface area (Å²) in [6, 6.07) is 6.68. The van der Waals surface area contributed by atoms with Crippen LogP contribution < -0.4 is 5.32 Å². The van der Waals surface area contributed by atoms with Crippen molar-refractivity contribution < 1.29 is 8.78 Å². The van der Waals surface area contributed by atoms with Crippen LogP contribution in [0.5, 0.6) is 0 Å². The van der Waals surface area contributed by atoms with E-state index in [0.29, 0.717) is 22.8 Å². The first-order valence-corrected chi connectivity index (χ1v) is 5.76.